The summed E-state index contributed by atoms with van der Waals surface area (Å²) < 4.78 is 44.8. The van der Waals surface area contributed by atoms with Gasteiger partial charge in [0.25, 0.3) is 0 Å². The second kappa shape index (κ2) is 5.31. The van der Waals surface area contributed by atoms with Gasteiger partial charge in [0.1, 0.15) is 12.2 Å². The second-order valence-corrected chi connectivity index (χ2v) is 2.98. The minimum Gasteiger partial charge on any atom is -0.478 e. The smallest absolute Gasteiger partial charge is 0.478 e. The molecule has 0 amide bonds. The van der Waals surface area contributed by atoms with Gasteiger partial charge in [-0.1, -0.05) is 12.0 Å². The SMILES string of the molecule is C#CCOc1c(OC(F)(F)F)cccc1C(=O)O. The minimum atomic E-state index is -4.95. The van der Waals surface area contributed by atoms with E-state index in [1.807, 2.05) is 5.92 Å². The van der Waals surface area contributed by atoms with Crippen molar-refractivity contribution in [3.8, 4) is 23.8 Å². The standard InChI is InChI=1S/C11H7F3O4/c1-2-6-17-9-7(10(15)16)4-3-5-8(9)18-11(12,13)14/h1,3-5H,6H2,(H,15,16). The molecular formula is C11H7F3O4. The van der Waals surface area contributed by atoms with Gasteiger partial charge in [-0.05, 0) is 12.1 Å². The first-order valence-corrected chi connectivity index (χ1v) is 4.53. The number of aromatic carboxylic acids is 1. The molecule has 0 saturated heterocycles. The molecule has 0 saturated carbocycles. The zero-order valence-electron chi connectivity index (χ0n) is 8.82. The summed E-state index contributed by atoms with van der Waals surface area (Å²) in [5.41, 5.74) is -0.466. The van der Waals surface area contributed by atoms with Crippen LogP contribution in [0.25, 0.3) is 0 Å². The van der Waals surface area contributed by atoms with E-state index in [0.717, 1.165) is 18.2 Å². The van der Waals surface area contributed by atoms with Crippen LogP contribution >= 0.6 is 0 Å². The average Bonchev–Trinajstić information content (AvgIpc) is 2.24. The Morgan fingerprint density at radius 1 is 1.44 bits per heavy atom. The molecule has 0 radical (unpaired) electrons. The Morgan fingerprint density at radius 2 is 2.11 bits per heavy atom. The van der Waals surface area contributed by atoms with Gasteiger partial charge in [0.2, 0.25) is 0 Å². The molecule has 0 aromatic heterocycles. The molecule has 0 bridgehead atoms. The van der Waals surface area contributed by atoms with Crippen molar-refractivity contribution in [3.05, 3.63) is 23.8 Å². The maximum Gasteiger partial charge on any atom is 0.573 e. The molecule has 96 valence electrons. The fraction of sp³-hybridized carbons (Fsp3) is 0.182. The number of rotatable bonds is 4. The number of benzene rings is 1. The van der Waals surface area contributed by atoms with Crippen LogP contribution in [0.2, 0.25) is 0 Å². The molecule has 1 rings (SSSR count). The van der Waals surface area contributed by atoms with E-state index >= 15 is 0 Å². The number of para-hydroxylation sites is 1. The number of carbonyl (C=O) groups is 1. The lowest BCUT2D eigenvalue weighted by Gasteiger charge is -2.14. The third kappa shape index (κ3) is 3.59. The third-order valence-corrected chi connectivity index (χ3v) is 1.73. The van der Waals surface area contributed by atoms with Crippen LogP contribution in [-0.2, 0) is 0 Å². The molecule has 18 heavy (non-hydrogen) atoms. The first-order valence-electron chi connectivity index (χ1n) is 4.53. The maximum absolute atomic E-state index is 12.1. The van der Waals surface area contributed by atoms with Crippen LogP contribution in [0.15, 0.2) is 18.2 Å². The summed E-state index contributed by atoms with van der Waals surface area (Å²) in [6.45, 7) is -0.376. The van der Waals surface area contributed by atoms with Crippen molar-refractivity contribution in [2.24, 2.45) is 0 Å². The van der Waals surface area contributed by atoms with E-state index in [1.54, 1.807) is 0 Å². The minimum absolute atomic E-state index is 0.376. The fourth-order valence-electron chi connectivity index (χ4n) is 1.15. The molecule has 0 unspecified atom stereocenters. The van der Waals surface area contributed by atoms with Crippen LogP contribution in [-0.4, -0.2) is 24.0 Å². The zero-order chi connectivity index (χ0) is 13.8. The summed E-state index contributed by atoms with van der Waals surface area (Å²) in [7, 11) is 0. The second-order valence-electron chi connectivity index (χ2n) is 2.98. The highest BCUT2D eigenvalue weighted by molar-refractivity contribution is 5.92. The van der Waals surface area contributed by atoms with Crippen molar-refractivity contribution in [3.63, 3.8) is 0 Å². The van der Waals surface area contributed by atoms with Crippen LogP contribution in [0, 0.1) is 12.3 Å². The lowest BCUT2D eigenvalue weighted by Crippen LogP contribution is -2.18. The Labute approximate surface area is 99.9 Å². The number of ether oxygens (including phenoxy) is 2. The van der Waals surface area contributed by atoms with E-state index < -0.39 is 29.4 Å². The first kappa shape index (κ1) is 13.7. The van der Waals surface area contributed by atoms with Gasteiger partial charge in [-0.25, -0.2) is 4.79 Å². The molecule has 4 nitrogen and oxygen atoms in total. The number of carboxylic acids is 1. The normalized spacial score (nSPS) is 10.6. The lowest BCUT2D eigenvalue weighted by molar-refractivity contribution is -0.275. The molecule has 0 aliphatic heterocycles. The highest BCUT2D eigenvalue weighted by Crippen LogP contribution is 2.35. The summed E-state index contributed by atoms with van der Waals surface area (Å²) in [6.07, 6.45) is -0.0586. The van der Waals surface area contributed by atoms with E-state index in [1.165, 1.54) is 0 Å². The van der Waals surface area contributed by atoms with Gasteiger partial charge >= 0.3 is 12.3 Å². The van der Waals surface area contributed by atoms with Gasteiger partial charge in [0.15, 0.2) is 11.5 Å². The summed E-state index contributed by atoms with van der Waals surface area (Å²) in [5, 5.41) is 8.82. The average molecular weight is 260 g/mol. The van der Waals surface area contributed by atoms with Crippen molar-refractivity contribution >= 4 is 5.97 Å². The number of carboxylic acid groups (broad SMARTS) is 1. The van der Waals surface area contributed by atoms with Gasteiger partial charge < -0.3 is 14.6 Å². The molecular weight excluding hydrogens is 253 g/mol. The Morgan fingerprint density at radius 3 is 2.61 bits per heavy atom. The summed E-state index contributed by atoms with van der Waals surface area (Å²) in [5.74, 6) is -0.736. The van der Waals surface area contributed by atoms with Gasteiger partial charge in [-0.3, -0.25) is 0 Å². The van der Waals surface area contributed by atoms with Gasteiger partial charge in [0, 0.05) is 0 Å². The van der Waals surface area contributed by atoms with E-state index in [4.69, 9.17) is 16.3 Å². The van der Waals surface area contributed by atoms with Crippen molar-refractivity contribution in [1.29, 1.82) is 0 Å². The van der Waals surface area contributed by atoms with Crippen LogP contribution in [0.1, 0.15) is 10.4 Å². The highest BCUT2D eigenvalue weighted by atomic mass is 19.4. The van der Waals surface area contributed by atoms with E-state index in [-0.39, 0.29) is 6.61 Å². The van der Waals surface area contributed by atoms with Crippen LogP contribution in [0.5, 0.6) is 11.5 Å². The van der Waals surface area contributed by atoms with Gasteiger partial charge in [-0.2, -0.15) is 0 Å². The number of terminal acetylenes is 1. The molecule has 1 aromatic carbocycles. The highest BCUT2D eigenvalue weighted by Gasteiger charge is 2.33. The Balaban J connectivity index is 3.20. The summed E-state index contributed by atoms with van der Waals surface area (Å²) in [6, 6.07) is 3.12. The molecule has 0 heterocycles. The topological polar surface area (TPSA) is 55.8 Å². The van der Waals surface area contributed by atoms with E-state index in [9.17, 15) is 18.0 Å². The summed E-state index contributed by atoms with van der Waals surface area (Å²) in [4.78, 5) is 10.8. The predicted octanol–water partition coefficient (Wildman–Crippen LogP) is 2.30. The number of alkyl halides is 3. The quantitative estimate of drug-likeness (QED) is 0.844. The van der Waals surface area contributed by atoms with Crippen molar-refractivity contribution in [1.82, 2.24) is 0 Å². The van der Waals surface area contributed by atoms with Gasteiger partial charge in [0.05, 0.1) is 0 Å². The van der Waals surface area contributed by atoms with Crippen LogP contribution < -0.4 is 9.47 Å². The van der Waals surface area contributed by atoms with E-state index in [2.05, 4.69) is 4.74 Å². The Bertz CT molecular complexity index is 488. The van der Waals surface area contributed by atoms with Crippen molar-refractivity contribution in [2.75, 3.05) is 6.61 Å². The lowest BCUT2D eigenvalue weighted by atomic mass is 10.2. The number of hydrogen-bond donors (Lipinski definition) is 1. The number of hydrogen-bond acceptors (Lipinski definition) is 3. The maximum atomic E-state index is 12.1. The molecule has 1 N–H and O–H groups in total. The molecule has 0 atom stereocenters. The molecule has 0 spiro atoms. The van der Waals surface area contributed by atoms with Crippen LogP contribution in [0.4, 0.5) is 13.2 Å². The Kier molecular flexibility index (Phi) is 4.05. The van der Waals surface area contributed by atoms with E-state index in [0.29, 0.717) is 0 Å². The van der Waals surface area contributed by atoms with Crippen molar-refractivity contribution in [2.45, 2.75) is 6.36 Å². The fourth-order valence-corrected chi connectivity index (χ4v) is 1.15. The monoisotopic (exact) mass is 260 g/mol. The first-order chi connectivity index (χ1) is 8.35. The van der Waals surface area contributed by atoms with Crippen LogP contribution in [0.3, 0.4) is 0 Å². The molecule has 0 aliphatic carbocycles. The van der Waals surface area contributed by atoms with Crippen molar-refractivity contribution < 1.29 is 32.5 Å². The Hall–Kier alpha value is -2.36. The largest absolute Gasteiger partial charge is 0.573 e. The summed E-state index contributed by atoms with van der Waals surface area (Å²) >= 11 is 0. The molecule has 0 fully saturated rings. The predicted molar refractivity (Wildman–Crippen MR) is 54.4 cm³/mol. The zero-order valence-corrected chi connectivity index (χ0v) is 8.82. The third-order valence-electron chi connectivity index (χ3n) is 1.73. The van der Waals surface area contributed by atoms with Gasteiger partial charge in [-0.15, -0.1) is 19.6 Å². The number of halogens is 3. The molecule has 7 heteroatoms. The molecule has 1 aromatic rings. The molecule has 0 aliphatic rings.